The number of benzene rings is 2. The summed E-state index contributed by atoms with van der Waals surface area (Å²) in [6, 6.07) is 13.9. The second kappa shape index (κ2) is 7.63. The highest BCUT2D eigenvalue weighted by Crippen LogP contribution is 2.41. The van der Waals surface area contributed by atoms with Crippen LogP contribution in [0.5, 0.6) is 0 Å². The number of aryl methyl sites for hydroxylation is 1. The molecule has 146 valence electrons. The molecule has 0 saturated heterocycles. The minimum absolute atomic E-state index is 0.0308. The predicted octanol–water partition coefficient (Wildman–Crippen LogP) is 5.17. The lowest BCUT2D eigenvalue weighted by atomic mass is 9.86. The smallest absolute Gasteiger partial charge is 0.271 e. The third-order valence-electron chi connectivity index (χ3n) is 5.18. The summed E-state index contributed by atoms with van der Waals surface area (Å²) >= 11 is 0. The summed E-state index contributed by atoms with van der Waals surface area (Å²) in [5.41, 5.74) is 9.04. The molecule has 2 aromatic carbocycles. The van der Waals surface area contributed by atoms with Gasteiger partial charge in [0.1, 0.15) is 0 Å². The van der Waals surface area contributed by atoms with E-state index in [0.717, 1.165) is 11.1 Å². The molecule has 0 saturated carbocycles. The standard InChI is InChI=1S/C24H29N3O/c1-16(2)27-22-12-17(3)20(13-21(22)18(4)14-24(27,5)6)15-25-26-23(28)19-10-8-7-9-11-19/h7-16H,1-6H3,(H,26,28)/b25-15-. The van der Waals surface area contributed by atoms with Gasteiger partial charge in [0.25, 0.3) is 5.91 Å². The predicted molar refractivity (Wildman–Crippen MR) is 118 cm³/mol. The van der Waals surface area contributed by atoms with Crippen molar-refractivity contribution in [1.82, 2.24) is 5.43 Å². The van der Waals surface area contributed by atoms with Crippen molar-refractivity contribution in [3.05, 3.63) is 70.8 Å². The molecule has 0 aromatic heterocycles. The van der Waals surface area contributed by atoms with Crippen LogP contribution in [0.15, 0.2) is 53.6 Å². The molecule has 1 amide bonds. The monoisotopic (exact) mass is 375 g/mol. The van der Waals surface area contributed by atoms with Crippen molar-refractivity contribution >= 4 is 23.4 Å². The van der Waals surface area contributed by atoms with Crippen LogP contribution in [-0.2, 0) is 0 Å². The molecule has 0 fully saturated rings. The molecule has 1 aliphatic rings. The first-order valence-electron chi connectivity index (χ1n) is 9.73. The number of hydrazone groups is 1. The quantitative estimate of drug-likeness (QED) is 0.592. The Labute approximate surface area is 168 Å². The number of hydrogen-bond donors (Lipinski definition) is 1. The summed E-state index contributed by atoms with van der Waals surface area (Å²) in [6.07, 6.45) is 4.05. The molecule has 1 heterocycles. The molecule has 2 aromatic rings. The normalized spacial score (nSPS) is 15.5. The molecule has 4 nitrogen and oxygen atoms in total. The van der Waals surface area contributed by atoms with E-state index in [-0.39, 0.29) is 11.4 Å². The van der Waals surface area contributed by atoms with Gasteiger partial charge in [-0.15, -0.1) is 0 Å². The van der Waals surface area contributed by atoms with E-state index in [1.807, 2.05) is 18.2 Å². The highest BCUT2D eigenvalue weighted by Gasteiger charge is 2.33. The Kier molecular flexibility index (Phi) is 5.41. The topological polar surface area (TPSA) is 44.7 Å². The number of amides is 1. The zero-order valence-corrected chi connectivity index (χ0v) is 17.6. The first-order chi connectivity index (χ1) is 13.2. The summed E-state index contributed by atoms with van der Waals surface area (Å²) < 4.78 is 0. The molecule has 0 bridgehead atoms. The maximum absolute atomic E-state index is 12.2. The van der Waals surface area contributed by atoms with Gasteiger partial charge in [-0.3, -0.25) is 4.79 Å². The maximum Gasteiger partial charge on any atom is 0.271 e. The average molecular weight is 376 g/mol. The number of allylic oxidation sites excluding steroid dienone is 1. The van der Waals surface area contributed by atoms with E-state index in [4.69, 9.17) is 0 Å². The summed E-state index contributed by atoms with van der Waals surface area (Å²) in [5.74, 6) is -0.212. The largest absolute Gasteiger partial charge is 0.360 e. The SMILES string of the molecule is CC1=CC(C)(C)N(C(C)C)c2cc(C)c(/C=N\NC(=O)c3ccccc3)cc21. The number of carbonyl (C=O) groups is 1. The summed E-state index contributed by atoms with van der Waals surface area (Å²) in [5, 5.41) is 4.18. The second-order valence-corrected chi connectivity index (χ2v) is 8.24. The van der Waals surface area contributed by atoms with Crippen molar-refractivity contribution < 1.29 is 4.79 Å². The molecule has 0 aliphatic carbocycles. The summed E-state index contributed by atoms with van der Waals surface area (Å²) in [7, 11) is 0. The van der Waals surface area contributed by atoms with Crippen LogP contribution in [0.25, 0.3) is 5.57 Å². The molecule has 0 atom stereocenters. The number of nitrogens with zero attached hydrogens (tertiary/aromatic N) is 2. The Morgan fingerprint density at radius 2 is 1.82 bits per heavy atom. The zero-order chi connectivity index (χ0) is 20.5. The van der Waals surface area contributed by atoms with Gasteiger partial charge in [-0.25, -0.2) is 5.43 Å². The van der Waals surface area contributed by atoms with Crippen molar-refractivity contribution in [2.24, 2.45) is 5.10 Å². The Balaban J connectivity index is 1.89. The van der Waals surface area contributed by atoms with Gasteiger partial charge in [0.15, 0.2) is 0 Å². The Morgan fingerprint density at radius 1 is 1.14 bits per heavy atom. The van der Waals surface area contributed by atoms with E-state index in [0.29, 0.717) is 11.6 Å². The number of nitrogens with one attached hydrogen (secondary N) is 1. The van der Waals surface area contributed by atoms with Gasteiger partial charge in [0.2, 0.25) is 0 Å². The number of fused-ring (bicyclic) bond motifs is 1. The third kappa shape index (κ3) is 3.86. The molecule has 0 unspecified atom stereocenters. The van der Waals surface area contributed by atoms with Gasteiger partial charge in [-0.1, -0.05) is 24.3 Å². The minimum Gasteiger partial charge on any atom is -0.360 e. The van der Waals surface area contributed by atoms with E-state index in [1.165, 1.54) is 16.8 Å². The minimum atomic E-state index is -0.212. The van der Waals surface area contributed by atoms with Crippen LogP contribution in [0.4, 0.5) is 5.69 Å². The molecule has 28 heavy (non-hydrogen) atoms. The highest BCUT2D eigenvalue weighted by atomic mass is 16.2. The first-order valence-corrected chi connectivity index (χ1v) is 9.73. The van der Waals surface area contributed by atoms with Crippen molar-refractivity contribution in [2.45, 2.75) is 53.1 Å². The van der Waals surface area contributed by atoms with E-state index < -0.39 is 0 Å². The average Bonchev–Trinajstić information content (AvgIpc) is 2.62. The Morgan fingerprint density at radius 3 is 2.46 bits per heavy atom. The van der Waals surface area contributed by atoms with Gasteiger partial charge < -0.3 is 4.90 Å². The molecule has 3 rings (SSSR count). The fraction of sp³-hybridized carbons (Fsp3) is 0.333. The van der Waals surface area contributed by atoms with Crippen LogP contribution < -0.4 is 10.3 Å². The Hall–Kier alpha value is -2.88. The number of anilines is 1. The lowest BCUT2D eigenvalue weighted by Gasteiger charge is -2.46. The van der Waals surface area contributed by atoms with E-state index in [1.54, 1.807) is 18.3 Å². The van der Waals surface area contributed by atoms with Crippen molar-refractivity contribution in [3.8, 4) is 0 Å². The van der Waals surface area contributed by atoms with Gasteiger partial charge in [-0.05, 0) is 82.5 Å². The summed E-state index contributed by atoms with van der Waals surface area (Å²) in [6.45, 7) is 13.2. The van der Waals surface area contributed by atoms with Crippen LogP contribution in [-0.4, -0.2) is 23.7 Å². The number of carbonyl (C=O) groups excluding carboxylic acids is 1. The molecule has 4 heteroatoms. The van der Waals surface area contributed by atoms with Crippen LogP contribution in [0.3, 0.4) is 0 Å². The lowest BCUT2D eigenvalue weighted by Crippen LogP contribution is -2.49. The van der Waals surface area contributed by atoms with E-state index in [9.17, 15) is 4.79 Å². The Bertz CT molecular complexity index is 940. The fourth-order valence-corrected chi connectivity index (χ4v) is 4.11. The number of rotatable bonds is 4. The van der Waals surface area contributed by atoms with Crippen LogP contribution >= 0.6 is 0 Å². The third-order valence-corrected chi connectivity index (χ3v) is 5.18. The maximum atomic E-state index is 12.2. The fourth-order valence-electron chi connectivity index (χ4n) is 4.11. The van der Waals surface area contributed by atoms with Crippen molar-refractivity contribution in [2.75, 3.05) is 4.90 Å². The van der Waals surface area contributed by atoms with Crippen LogP contribution in [0.1, 0.15) is 61.7 Å². The number of hydrogen-bond acceptors (Lipinski definition) is 3. The van der Waals surface area contributed by atoms with Gasteiger partial charge in [0.05, 0.1) is 11.8 Å². The lowest BCUT2D eigenvalue weighted by molar-refractivity contribution is 0.0955. The van der Waals surface area contributed by atoms with Crippen molar-refractivity contribution in [3.63, 3.8) is 0 Å². The van der Waals surface area contributed by atoms with Crippen molar-refractivity contribution in [1.29, 1.82) is 0 Å². The second-order valence-electron chi connectivity index (χ2n) is 8.24. The molecular weight excluding hydrogens is 346 g/mol. The molecule has 1 N–H and O–H groups in total. The molecule has 1 aliphatic heterocycles. The van der Waals surface area contributed by atoms with Crippen LogP contribution in [0.2, 0.25) is 0 Å². The van der Waals surface area contributed by atoms with Gasteiger partial charge in [0, 0.05) is 22.9 Å². The molecule has 0 spiro atoms. The summed E-state index contributed by atoms with van der Waals surface area (Å²) in [4.78, 5) is 14.6. The molecule has 0 radical (unpaired) electrons. The van der Waals surface area contributed by atoms with E-state index in [2.05, 4.69) is 75.2 Å². The molecular formula is C24H29N3O. The van der Waals surface area contributed by atoms with Gasteiger partial charge >= 0.3 is 0 Å². The highest BCUT2D eigenvalue weighted by molar-refractivity contribution is 5.95. The van der Waals surface area contributed by atoms with Crippen LogP contribution in [0, 0.1) is 6.92 Å². The van der Waals surface area contributed by atoms with Gasteiger partial charge in [-0.2, -0.15) is 5.10 Å². The zero-order valence-electron chi connectivity index (χ0n) is 17.6. The first kappa shape index (κ1) is 19.9. The van der Waals surface area contributed by atoms with E-state index >= 15 is 0 Å².